The minimum atomic E-state index is -1.11. The van der Waals surface area contributed by atoms with Gasteiger partial charge in [0.25, 0.3) is 0 Å². The van der Waals surface area contributed by atoms with Gasteiger partial charge in [-0.2, -0.15) is 0 Å². The highest BCUT2D eigenvalue weighted by molar-refractivity contribution is 8.93. The Labute approximate surface area is 96.7 Å². The number of fused-ring (bicyclic) bond motifs is 1. The van der Waals surface area contributed by atoms with Gasteiger partial charge >= 0.3 is 5.97 Å². The molecule has 0 aromatic heterocycles. The largest absolute Gasteiger partial charge is 0.507 e. The molecule has 0 aliphatic carbocycles. The maximum atomic E-state index is 10.9. The highest BCUT2D eigenvalue weighted by atomic mass is 79.9. The lowest BCUT2D eigenvalue weighted by molar-refractivity contribution is 0.0696. The van der Waals surface area contributed by atoms with Crippen LogP contribution in [0.5, 0.6) is 5.75 Å². The van der Waals surface area contributed by atoms with Crippen LogP contribution in [0, 0.1) is 0 Å². The smallest absolute Gasteiger partial charge is 0.340 e. The molecule has 0 aliphatic rings. The number of halogens is 1. The normalized spacial score (nSPS) is 9.60. The number of benzene rings is 2. The average Bonchev–Trinajstić information content (AvgIpc) is 2.17. The molecule has 0 fully saturated rings. The number of carboxylic acids is 1. The van der Waals surface area contributed by atoms with Gasteiger partial charge in [-0.1, -0.05) is 30.3 Å². The van der Waals surface area contributed by atoms with E-state index in [9.17, 15) is 9.90 Å². The Balaban J connectivity index is 0.00000112. The van der Waals surface area contributed by atoms with E-state index in [2.05, 4.69) is 0 Å². The zero-order valence-electron chi connectivity index (χ0n) is 7.68. The Morgan fingerprint density at radius 1 is 1.07 bits per heavy atom. The van der Waals surface area contributed by atoms with E-state index in [1.165, 1.54) is 6.07 Å². The summed E-state index contributed by atoms with van der Waals surface area (Å²) in [5.41, 5.74) is -0.0388. The Kier molecular flexibility index (Phi) is 3.31. The quantitative estimate of drug-likeness (QED) is 0.836. The van der Waals surface area contributed by atoms with Crippen molar-refractivity contribution in [3.63, 3.8) is 0 Å². The maximum Gasteiger partial charge on any atom is 0.340 e. The summed E-state index contributed by atoms with van der Waals surface area (Å²) in [4.78, 5) is 10.9. The summed E-state index contributed by atoms with van der Waals surface area (Å²) in [5.74, 6) is -1.31. The molecule has 0 amide bonds. The van der Waals surface area contributed by atoms with Gasteiger partial charge in [-0.25, -0.2) is 4.79 Å². The second kappa shape index (κ2) is 4.31. The maximum absolute atomic E-state index is 10.9. The van der Waals surface area contributed by atoms with Gasteiger partial charge in [0.05, 0.1) is 0 Å². The molecule has 15 heavy (non-hydrogen) atoms. The average molecular weight is 269 g/mol. The van der Waals surface area contributed by atoms with E-state index >= 15 is 0 Å². The van der Waals surface area contributed by atoms with Crippen LogP contribution in [0.15, 0.2) is 36.4 Å². The number of aromatic carboxylic acids is 1. The summed E-state index contributed by atoms with van der Waals surface area (Å²) >= 11 is 0. The molecule has 4 heteroatoms. The van der Waals surface area contributed by atoms with Crippen molar-refractivity contribution in [1.82, 2.24) is 0 Å². The Morgan fingerprint density at radius 3 is 2.40 bits per heavy atom. The highest BCUT2D eigenvalue weighted by Gasteiger charge is 2.12. The van der Waals surface area contributed by atoms with Crippen LogP contribution in [0.25, 0.3) is 10.8 Å². The molecule has 0 spiro atoms. The number of carboxylic acid groups (broad SMARTS) is 1. The Bertz CT molecular complexity index is 508. The molecule has 0 heterocycles. The fourth-order valence-electron chi connectivity index (χ4n) is 1.48. The molecular weight excluding hydrogens is 260 g/mol. The molecule has 0 atom stereocenters. The molecule has 0 bridgehead atoms. The highest BCUT2D eigenvalue weighted by Crippen LogP contribution is 2.26. The summed E-state index contributed by atoms with van der Waals surface area (Å²) in [6.45, 7) is 0. The molecule has 2 aromatic rings. The zero-order chi connectivity index (χ0) is 10.1. The Hall–Kier alpha value is -1.55. The number of hydrogen-bond donors (Lipinski definition) is 2. The lowest BCUT2D eigenvalue weighted by atomic mass is 10.0. The van der Waals surface area contributed by atoms with Crippen molar-refractivity contribution in [2.75, 3.05) is 0 Å². The van der Waals surface area contributed by atoms with E-state index in [1.807, 2.05) is 6.07 Å². The van der Waals surface area contributed by atoms with E-state index in [-0.39, 0.29) is 28.3 Å². The fraction of sp³-hybridized carbons (Fsp3) is 0. The van der Waals surface area contributed by atoms with Gasteiger partial charge in [0, 0.05) is 0 Å². The topological polar surface area (TPSA) is 57.5 Å². The molecule has 78 valence electrons. The van der Waals surface area contributed by atoms with Crippen molar-refractivity contribution in [2.24, 2.45) is 0 Å². The first-order valence-corrected chi connectivity index (χ1v) is 4.14. The second-order valence-corrected chi connectivity index (χ2v) is 2.99. The third-order valence-corrected chi connectivity index (χ3v) is 2.12. The molecule has 3 nitrogen and oxygen atoms in total. The lowest BCUT2D eigenvalue weighted by Gasteiger charge is -2.03. The van der Waals surface area contributed by atoms with Crippen LogP contribution in [-0.2, 0) is 0 Å². The van der Waals surface area contributed by atoms with Crippen LogP contribution in [0.1, 0.15) is 10.4 Å². The zero-order valence-corrected chi connectivity index (χ0v) is 9.39. The SMILES string of the molecule is Br.O=C(O)c1c(O)ccc2ccccc12. The van der Waals surface area contributed by atoms with Crippen molar-refractivity contribution >= 4 is 33.7 Å². The van der Waals surface area contributed by atoms with Crippen LogP contribution >= 0.6 is 17.0 Å². The molecular formula is C11H9BrO3. The van der Waals surface area contributed by atoms with Crippen molar-refractivity contribution in [2.45, 2.75) is 0 Å². The van der Waals surface area contributed by atoms with E-state index in [0.717, 1.165) is 5.39 Å². The van der Waals surface area contributed by atoms with Crippen LogP contribution in [0.4, 0.5) is 0 Å². The number of carbonyl (C=O) groups is 1. The molecule has 2 rings (SSSR count). The van der Waals surface area contributed by atoms with Gasteiger partial charge in [-0.05, 0) is 16.8 Å². The fourth-order valence-corrected chi connectivity index (χ4v) is 1.48. The summed E-state index contributed by atoms with van der Waals surface area (Å²) in [6, 6.07) is 10.1. The molecule has 0 radical (unpaired) electrons. The van der Waals surface area contributed by atoms with Gasteiger partial charge in [0.1, 0.15) is 11.3 Å². The summed E-state index contributed by atoms with van der Waals surface area (Å²) in [7, 11) is 0. The van der Waals surface area contributed by atoms with Crippen molar-refractivity contribution in [1.29, 1.82) is 0 Å². The van der Waals surface area contributed by atoms with Crippen molar-refractivity contribution in [3.8, 4) is 5.75 Å². The lowest BCUT2D eigenvalue weighted by Crippen LogP contribution is -1.97. The monoisotopic (exact) mass is 268 g/mol. The van der Waals surface area contributed by atoms with Crippen LogP contribution in [0.3, 0.4) is 0 Å². The summed E-state index contributed by atoms with van der Waals surface area (Å²) < 4.78 is 0. The second-order valence-electron chi connectivity index (χ2n) is 2.99. The molecule has 0 saturated heterocycles. The van der Waals surface area contributed by atoms with Gasteiger partial charge < -0.3 is 10.2 Å². The van der Waals surface area contributed by atoms with Gasteiger partial charge in [-0.15, -0.1) is 17.0 Å². The predicted molar refractivity (Wildman–Crippen MR) is 62.9 cm³/mol. The molecule has 0 unspecified atom stereocenters. The first kappa shape index (κ1) is 11.5. The molecule has 2 aromatic carbocycles. The number of hydrogen-bond acceptors (Lipinski definition) is 2. The van der Waals surface area contributed by atoms with Crippen molar-refractivity contribution in [3.05, 3.63) is 42.0 Å². The van der Waals surface area contributed by atoms with E-state index in [4.69, 9.17) is 5.11 Å². The number of aromatic hydroxyl groups is 1. The first-order valence-electron chi connectivity index (χ1n) is 4.14. The molecule has 0 saturated carbocycles. The molecule has 0 aliphatic heterocycles. The summed E-state index contributed by atoms with van der Waals surface area (Å²) in [5, 5.41) is 19.7. The van der Waals surface area contributed by atoms with Crippen LogP contribution < -0.4 is 0 Å². The third-order valence-electron chi connectivity index (χ3n) is 2.12. The minimum absolute atomic E-state index is 0. The van der Waals surface area contributed by atoms with Gasteiger partial charge in [0.15, 0.2) is 0 Å². The number of phenols is 1. The van der Waals surface area contributed by atoms with Crippen LogP contribution in [0.2, 0.25) is 0 Å². The third kappa shape index (κ3) is 1.94. The van der Waals surface area contributed by atoms with E-state index < -0.39 is 5.97 Å². The summed E-state index contributed by atoms with van der Waals surface area (Å²) in [6.07, 6.45) is 0. The van der Waals surface area contributed by atoms with E-state index in [1.54, 1.807) is 24.3 Å². The minimum Gasteiger partial charge on any atom is -0.507 e. The van der Waals surface area contributed by atoms with Crippen LogP contribution in [-0.4, -0.2) is 16.2 Å². The standard InChI is InChI=1S/C11H8O3.BrH/c12-9-6-5-7-3-1-2-4-8(7)10(9)11(13)14;/h1-6,12H,(H,13,14);1H. The predicted octanol–water partition coefficient (Wildman–Crippen LogP) is 2.82. The Morgan fingerprint density at radius 2 is 1.73 bits per heavy atom. The molecule has 2 N–H and O–H groups in total. The van der Waals surface area contributed by atoms with Crippen molar-refractivity contribution < 1.29 is 15.0 Å². The van der Waals surface area contributed by atoms with Gasteiger partial charge in [0.2, 0.25) is 0 Å². The number of rotatable bonds is 1. The van der Waals surface area contributed by atoms with Gasteiger partial charge in [-0.3, -0.25) is 0 Å². The van der Waals surface area contributed by atoms with E-state index in [0.29, 0.717) is 5.39 Å². The first-order chi connectivity index (χ1) is 6.70.